The van der Waals surface area contributed by atoms with E-state index in [9.17, 15) is 4.79 Å². The average Bonchev–Trinajstić information content (AvgIpc) is 3.13. The number of furan rings is 1. The van der Waals surface area contributed by atoms with Gasteiger partial charge in [0, 0.05) is 6.04 Å². The van der Waals surface area contributed by atoms with Crippen LogP contribution < -0.4 is 5.32 Å². The number of carbonyl (C=O) groups is 1. The van der Waals surface area contributed by atoms with Crippen molar-refractivity contribution in [2.75, 3.05) is 6.54 Å². The van der Waals surface area contributed by atoms with Crippen LogP contribution >= 0.6 is 0 Å². The van der Waals surface area contributed by atoms with Crippen molar-refractivity contribution in [1.82, 2.24) is 10.2 Å². The number of hydrogen-bond donors (Lipinski definition) is 1. The first-order valence-electron chi connectivity index (χ1n) is 6.91. The van der Waals surface area contributed by atoms with Gasteiger partial charge in [0.1, 0.15) is 5.76 Å². The van der Waals surface area contributed by atoms with Crippen molar-refractivity contribution >= 4 is 5.91 Å². The lowest BCUT2D eigenvalue weighted by atomic mass is 10.0. The second-order valence-electron chi connectivity index (χ2n) is 5.28. The lowest BCUT2D eigenvalue weighted by molar-refractivity contribution is -0.135. The molecule has 1 aliphatic carbocycles. The van der Waals surface area contributed by atoms with Gasteiger partial charge in [-0.1, -0.05) is 6.42 Å². The summed E-state index contributed by atoms with van der Waals surface area (Å²) >= 11 is 0. The Morgan fingerprint density at radius 1 is 1.39 bits per heavy atom. The molecule has 3 rings (SSSR count). The SMILES string of the molecule is O=C([C@H]1CCCCN1)N(Cc1ccco1)C1CC1. The van der Waals surface area contributed by atoms with Gasteiger partial charge >= 0.3 is 0 Å². The molecule has 2 fully saturated rings. The summed E-state index contributed by atoms with van der Waals surface area (Å²) in [7, 11) is 0. The lowest BCUT2D eigenvalue weighted by Gasteiger charge is -2.29. The molecule has 0 bridgehead atoms. The first-order valence-corrected chi connectivity index (χ1v) is 6.91. The fourth-order valence-corrected chi connectivity index (χ4v) is 2.61. The van der Waals surface area contributed by atoms with E-state index in [-0.39, 0.29) is 11.9 Å². The smallest absolute Gasteiger partial charge is 0.240 e. The summed E-state index contributed by atoms with van der Waals surface area (Å²) in [6.07, 6.45) is 7.26. The number of hydrogen-bond acceptors (Lipinski definition) is 3. The highest BCUT2D eigenvalue weighted by atomic mass is 16.3. The third-order valence-corrected chi connectivity index (χ3v) is 3.79. The summed E-state index contributed by atoms with van der Waals surface area (Å²) in [5, 5.41) is 3.34. The van der Waals surface area contributed by atoms with E-state index in [0.717, 1.165) is 38.0 Å². The zero-order chi connectivity index (χ0) is 12.4. The number of piperidine rings is 1. The average molecular weight is 248 g/mol. The van der Waals surface area contributed by atoms with Gasteiger partial charge in [-0.05, 0) is 44.4 Å². The zero-order valence-corrected chi connectivity index (χ0v) is 10.6. The molecule has 1 atom stereocenters. The van der Waals surface area contributed by atoms with Gasteiger partial charge in [-0.25, -0.2) is 0 Å². The summed E-state index contributed by atoms with van der Waals surface area (Å²) in [5.74, 6) is 1.14. The lowest BCUT2D eigenvalue weighted by Crippen LogP contribution is -2.49. The van der Waals surface area contributed by atoms with Crippen LogP contribution in [0.2, 0.25) is 0 Å². The van der Waals surface area contributed by atoms with Gasteiger partial charge in [0.15, 0.2) is 0 Å². The Morgan fingerprint density at radius 2 is 2.28 bits per heavy atom. The second-order valence-corrected chi connectivity index (χ2v) is 5.28. The fourth-order valence-electron chi connectivity index (χ4n) is 2.61. The molecule has 1 amide bonds. The second kappa shape index (κ2) is 5.14. The van der Waals surface area contributed by atoms with E-state index in [1.165, 1.54) is 6.42 Å². The Morgan fingerprint density at radius 3 is 2.89 bits per heavy atom. The molecule has 1 aromatic heterocycles. The van der Waals surface area contributed by atoms with Crippen molar-refractivity contribution in [3.05, 3.63) is 24.2 Å². The maximum absolute atomic E-state index is 12.5. The highest BCUT2D eigenvalue weighted by molar-refractivity contribution is 5.82. The zero-order valence-electron chi connectivity index (χ0n) is 10.6. The molecule has 1 aromatic rings. The third kappa shape index (κ3) is 2.58. The normalized spacial score (nSPS) is 23.9. The van der Waals surface area contributed by atoms with E-state index in [4.69, 9.17) is 4.42 Å². The van der Waals surface area contributed by atoms with Crippen LogP contribution in [0.25, 0.3) is 0 Å². The van der Waals surface area contributed by atoms with Gasteiger partial charge in [0.2, 0.25) is 5.91 Å². The maximum atomic E-state index is 12.5. The number of rotatable bonds is 4. The standard InChI is InChI=1S/C14H20N2O2/c17-14(13-5-1-2-8-15-13)16(11-6-7-11)10-12-4-3-9-18-12/h3-4,9,11,13,15H,1-2,5-8,10H2/t13-/m1/s1. The summed E-state index contributed by atoms with van der Waals surface area (Å²) < 4.78 is 5.37. The molecule has 2 heterocycles. The monoisotopic (exact) mass is 248 g/mol. The third-order valence-electron chi connectivity index (χ3n) is 3.79. The molecule has 1 saturated heterocycles. The summed E-state index contributed by atoms with van der Waals surface area (Å²) in [4.78, 5) is 14.5. The van der Waals surface area contributed by atoms with Gasteiger partial charge in [-0.3, -0.25) is 4.79 Å². The van der Waals surface area contributed by atoms with Crippen molar-refractivity contribution < 1.29 is 9.21 Å². The molecule has 18 heavy (non-hydrogen) atoms. The van der Waals surface area contributed by atoms with Gasteiger partial charge < -0.3 is 14.6 Å². The highest BCUT2D eigenvalue weighted by Gasteiger charge is 2.36. The van der Waals surface area contributed by atoms with Gasteiger partial charge in [-0.15, -0.1) is 0 Å². The molecule has 0 aromatic carbocycles. The van der Waals surface area contributed by atoms with E-state index in [0.29, 0.717) is 12.6 Å². The molecule has 1 N–H and O–H groups in total. The van der Waals surface area contributed by atoms with E-state index in [2.05, 4.69) is 5.32 Å². The predicted octanol–water partition coefficient (Wildman–Crippen LogP) is 1.91. The van der Waals surface area contributed by atoms with E-state index in [1.54, 1.807) is 6.26 Å². The van der Waals surface area contributed by atoms with Crippen molar-refractivity contribution in [2.45, 2.75) is 50.7 Å². The van der Waals surface area contributed by atoms with E-state index >= 15 is 0 Å². The Labute approximate surface area is 107 Å². The van der Waals surface area contributed by atoms with Crippen LogP contribution in [0.1, 0.15) is 37.9 Å². The van der Waals surface area contributed by atoms with Crippen LogP contribution in [0.3, 0.4) is 0 Å². The Kier molecular flexibility index (Phi) is 3.37. The molecular formula is C14H20N2O2. The maximum Gasteiger partial charge on any atom is 0.240 e. The van der Waals surface area contributed by atoms with Crippen molar-refractivity contribution in [1.29, 1.82) is 0 Å². The molecule has 0 unspecified atom stereocenters. The molecule has 98 valence electrons. The molecule has 1 saturated carbocycles. The Bertz CT molecular complexity index is 392. The van der Waals surface area contributed by atoms with Crippen molar-refractivity contribution in [2.24, 2.45) is 0 Å². The van der Waals surface area contributed by atoms with Gasteiger partial charge in [0.05, 0.1) is 18.8 Å². The molecule has 2 aliphatic rings. The van der Waals surface area contributed by atoms with Crippen LogP contribution in [0.15, 0.2) is 22.8 Å². The Balaban J connectivity index is 1.66. The van der Waals surface area contributed by atoms with Gasteiger partial charge in [-0.2, -0.15) is 0 Å². The minimum absolute atomic E-state index is 0.0225. The molecule has 0 spiro atoms. The molecule has 4 heteroatoms. The quantitative estimate of drug-likeness (QED) is 0.885. The van der Waals surface area contributed by atoms with Crippen LogP contribution in [-0.2, 0) is 11.3 Å². The number of nitrogens with zero attached hydrogens (tertiary/aromatic N) is 1. The highest BCUT2D eigenvalue weighted by Crippen LogP contribution is 2.29. The minimum Gasteiger partial charge on any atom is -0.467 e. The molecule has 4 nitrogen and oxygen atoms in total. The van der Waals surface area contributed by atoms with E-state index < -0.39 is 0 Å². The topological polar surface area (TPSA) is 45.5 Å². The molecular weight excluding hydrogens is 228 g/mol. The number of carbonyl (C=O) groups excluding carboxylic acids is 1. The van der Waals surface area contributed by atoms with Gasteiger partial charge in [0.25, 0.3) is 0 Å². The fraction of sp³-hybridized carbons (Fsp3) is 0.643. The Hall–Kier alpha value is -1.29. The first-order chi connectivity index (χ1) is 8.84. The molecule has 0 radical (unpaired) electrons. The van der Waals surface area contributed by atoms with Crippen LogP contribution in [0, 0.1) is 0 Å². The first kappa shape index (κ1) is 11.8. The van der Waals surface area contributed by atoms with E-state index in [1.807, 2.05) is 17.0 Å². The number of amides is 1. The summed E-state index contributed by atoms with van der Waals surface area (Å²) in [5.41, 5.74) is 0. The number of nitrogens with one attached hydrogen (secondary N) is 1. The van der Waals surface area contributed by atoms with Crippen LogP contribution in [0.5, 0.6) is 0 Å². The van der Waals surface area contributed by atoms with Crippen LogP contribution in [-0.4, -0.2) is 29.4 Å². The largest absolute Gasteiger partial charge is 0.467 e. The summed E-state index contributed by atoms with van der Waals surface area (Å²) in [6, 6.07) is 4.28. The van der Waals surface area contributed by atoms with Crippen molar-refractivity contribution in [3.63, 3.8) is 0 Å². The minimum atomic E-state index is 0.0225. The summed E-state index contributed by atoms with van der Waals surface area (Å²) in [6.45, 7) is 1.59. The predicted molar refractivity (Wildman–Crippen MR) is 67.9 cm³/mol. The van der Waals surface area contributed by atoms with Crippen molar-refractivity contribution in [3.8, 4) is 0 Å². The molecule has 1 aliphatic heterocycles. The van der Waals surface area contributed by atoms with Crippen LogP contribution in [0.4, 0.5) is 0 Å².